The molecule has 1 aliphatic rings. The Morgan fingerprint density at radius 3 is 2.44 bits per heavy atom. The fourth-order valence-electron chi connectivity index (χ4n) is 1.70. The van der Waals surface area contributed by atoms with Crippen molar-refractivity contribution in [2.75, 3.05) is 0 Å². The molecule has 1 heteroatoms. The lowest BCUT2D eigenvalue weighted by molar-refractivity contribution is 0.491. The second kappa shape index (κ2) is 4.31. The van der Waals surface area contributed by atoms with Gasteiger partial charge in [-0.3, -0.25) is 5.32 Å². The zero-order chi connectivity index (χ0) is 11.6. The van der Waals surface area contributed by atoms with E-state index in [-0.39, 0.29) is 5.54 Å². The Labute approximate surface area is 98.3 Å². The Morgan fingerprint density at radius 2 is 1.94 bits per heavy atom. The van der Waals surface area contributed by atoms with Crippen molar-refractivity contribution in [1.82, 2.24) is 5.32 Å². The van der Waals surface area contributed by atoms with Crippen LogP contribution in [0.4, 0.5) is 0 Å². The Bertz CT molecular complexity index is 390. The molecule has 1 saturated carbocycles. The predicted molar refractivity (Wildman–Crippen MR) is 68.2 cm³/mol. The second-order valence-electron chi connectivity index (χ2n) is 5.14. The SMILES string of the molecule is C#CC(C)(C)NCc1ccc(C2CC2)cc1. The largest absolute Gasteiger partial charge is 0.298 e. The van der Waals surface area contributed by atoms with Gasteiger partial charge >= 0.3 is 0 Å². The molecular weight excluding hydrogens is 194 g/mol. The summed E-state index contributed by atoms with van der Waals surface area (Å²) < 4.78 is 0. The Morgan fingerprint density at radius 1 is 1.31 bits per heavy atom. The van der Waals surface area contributed by atoms with Crippen LogP contribution in [0, 0.1) is 12.3 Å². The van der Waals surface area contributed by atoms with E-state index in [1.807, 2.05) is 13.8 Å². The van der Waals surface area contributed by atoms with Gasteiger partial charge in [0.1, 0.15) is 0 Å². The highest BCUT2D eigenvalue weighted by atomic mass is 14.9. The minimum Gasteiger partial charge on any atom is -0.298 e. The molecule has 0 atom stereocenters. The molecule has 84 valence electrons. The first-order valence-corrected chi connectivity index (χ1v) is 5.92. The molecule has 1 aromatic rings. The minimum absolute atomic E-state index is 0.227. The molecule has 0 heterocycles. The molecule has 0 amide bonds. The maximum Gasteiger partial charge on any atom is 0.0743 e. The van der Waals surface area contributed by atoms with Crippen LogP contribution in [0.5, 0.6) is 0 Å². The monoisotopic (exact) mass is 213 g/mol. The zero-order valence-corrected chi connectivity index (χ0v) is 10.1. The van der Waals surface area contributed by atoms with Gasteiger partial charge in [0.15, 0.2) is 0 Å². The topological polar surface area (TPSA) is 12.0 Å². The van der Waals surface area contributed by atoms with Gasteiger partial charge in [0, 0.05) is 6.54 Å². The van der Waals surface area contributed by atoms with Crippen LogP contribution < -0.4 is 5.32 Å². The summed E-state index contributed by atoms with van der Waals surface area (Å²) in [6.45, 7) is 4.87. The second-order valence-corrected chi connectivity index (χ2v) is 5.14. The molecule has 1 aromatic carbocycles. The van der Waals surface area contributed by atoms with Gasteiger partial charge in [-0.2, -0.15) is 0 Å². The van der Waals surface area contributed by atoms with Crippen LogP contribution in [0.1, 0.15) is 43.7 Å². The summed E-state index contributed by atoms with van der Waals surface area (Å²) in [5, 5.41) is 3.35. The lowest BCUT2D eigenvalue weighted by atomic mass is 10.1. The smallest absolute Gasteiger partial charge is 0.0743 e. The number of hydrogen-bond acceptors (Lipinski definition) is 1. The van der Waals surface area contributed by atoms with E-state index in [1.54, 1.807) is 0 Å². The molecule has 2 rings (SSSR count). The molecular formula is C15H19N. The molecule has 1 fully saturated rings. The standard InChI is InChI=1S/C15H19N/c1-4-15(2,3)16-11-12-5-7-13(8-6-12)14-9-10-14/h1,5-8,14,16H,9-11H2,2-3H3. The lowest BCUT2D eigenvalue weighted by Crippen LogP contribution is -2.36. The third kappa shape index (κ3) is 2.87. The average Bonchev–Trinajstić information content (AvgIpc) is 3.11. The van der Waals surface area contributed by atoms with Crippen LogP contribution in [0.2, 0.25) is 0 Å². The third-order valence-corrected chi connectivity index (χ3v) is 3.12. The van der Waals surface area contributed by atoms with E-state index in [0.717, 1.165) is 12.5 Å². The summed E-state index contributed by atoms with van der Waals surface area (Å²) >= 11 is 0. The van der Waals surface area contributed by atoms with E-state index in [0.29, 0.717) is 0 Å². The zero-order valence-electron chi connectivity index (χ0n) is 10.1. The molecule has 1 N–H and O–H groups in total. The highest BCUT2D eigenvalue weighted by molar-refractivity contribution is 5.28. The molecule has 1 nitrogen and oxygen atoms in total. The van der Waals surface area contributed by atoms with Crippen molar-refractivity contribution in [2.45, 2.75) is 44.7 Å². The fourth-order valence-corrected chi connectivity index (χ4v) is 1.70. The quantitative estimate of drug-likeness (QED) is 0.758. The van der Waals surface area contributed by atoms with Crippen LogP contribution in [-0.2, 0) is 6.54 Å². The number of hydrogen-bond donors (Lipinski definition) is 1. The Hall–Kier alpha value is -1.26. The summed E-state index contributed by atoms with van der Waals surface area (Å²) in [6, 6.07) is 8.90. The van der Waals surface area contributed by atoms with Gasteiger partial charge in [-0.05, 0) is 43.7 Å². The lowest BCUT2D eigenvalue weighted by Gasteiger charge is -2.19. The van der Waals surface area contributed by atoms with Crippen molar-refractivity contribution in [3.05, 3.63) is 35.4 Å². The van der Waals surface area contributed by atoms with E-state index in [9.17, 15) is 0 Å². The molecule has 0 spiro atoms. The van der Waals surface area contributed by atoms with Crippen LogP contribution in [-0.4, -0.2) is 5.54 Å². The number of benzene rings is 1. The van der Waals surface area contributed by atoms with E-state index >= 15 is 0 Å². The van der Waals surface area contributed by atoms with Crippen LogP contribution in [0.3, 0.4) is 0 Å². The number of rotatable bonds is 4. The predicted octanol–water partition coefficient (Wildman–Crippen LogP) is 3.07. The van der Waals surface area contributed by atoms with Gasteiger partial charge in [0.25, 0.3) is 0 Å². The number of nitrogens with one attached hydrogen (secondary N) is 1. The van der Waals surface area contributed by atoms with Gasteiger partial charge in [0.2, 0.25) is 0 Å². The fraction of sp³-hybridized carbons (Fsp3) is 0.467. The van der Waals surface area contributed by atoms with Gasteiger partial charge < -0.3 is 0 Å². The third-order valence-electron chi connectivity index (χ3n) is 3.12. The maximum absolute atomic E-state index is 5.43. The maximum atomic E-state index is 5.43. The van der Waals surface area contributed by atoms with Crippen molar-refractivity contribution in [3.63, 3.8) is 0 Å². The van der Waals surface area contributed by atoms with Gasteiger partial charge in [-0.1, -0.05) is 30.2 Å². The van der Waals surface area contributed by atoms with Crippen LogP contribution in [0.15, 0.2) is 24.3 Å². The summed E-state index contributed by atoms with van der Waals surface area (Å²) in [5.41, 5.74) is 2.56. The first-order chi connectivity index (χ1) is 7.61. The van der Waals surface area contributed by atoms with E-state index < -0.39 is 0 Å². The summed E-state index contributed by atoms with van der Waals surface area (Å²) in [5.74, 6) is 3.58. The molecule has 1 aliphatic carbocycles. The van der Waals surface area contributed by atoms with Gasteiger partial charge in [0.05, 0.1) is 5.54 Å². The van der Waals surface area contributed by atoms with Crippen molar-refractivity contribution < 1.29 is 0 Å². The molecule has 0 saturated heterocycles. The number of terminal acetylenes is 1. The van der Waals surface area contributed by atoms with Crippen LogP contribution >= 0.6 is 0 Å². The first-order valence-electron chi connectivity index (χ1n) is 5.92. The molecule has 0 bridgehead atoms. The van der Waals surface area contributed by atoms with Gasteiger partial charge in [-0.15, -0.1) is 6.42 Å². The summed E-state index contributed by atoms with van der Waals surface area (Å²) in [7, 11) is 0. The van der Waals surface area contributed by atoms with Crippen LogP contribution in [0.25, 0.3) is 0 Å². The van der Waals surface area contributed by atoms with Crippen molar-refractivity contribution in [2.24, 2.45) is 0 Å². The molecule has 0 radical (unpaired) electrons. The van der Waals surface area contributed by atoms with Crippen molar-refractivity contribution in [1.29, 1.82) is 0 Å². The molecule has 16 heavy (non-hydrogen) atoms. The van der Waals surface area contributed by atoms with E-state index in [4.69, 9.17) is 6.42 Å². The molecule has 0 aromatic heterocycles. The van der Waals surface area contributed by atoms with Crippen molar-refractivity contribution in [3.8, 4) is 12.3 Å². The minimum atomic E-state index is -0.227. The van der Waals surface area contributed by atoms with Gasteiger partial charge in [-0.25, -0.2) is 0 Å². The highest BCUT2D eigenvalue weighted by Crippen LogP contribution is 2.39. The Balaban J connectivity index is 1.93. The van der Waals surface area contributed by atoms with Crippen molar-refractivity contribution >= 4 is 0 Å². The summed E-state index contributed by atoms with van der Waals surface area (Å²) in [6.07, 6.45) is 8.16. The summed E-state index contributed by atoms with van der Waals surface area (Å²) in [4.78, 5) is 0. The highest BCUT2D eigenvalue weighted by Gasteiger charge is 2.22. The van der Waals surface area contributed by atoms with E-state index in [1.165, 1.54) is 24.0 Å². The normalized spacial score (nSPS) is 15.8. The first kappa shape index (κ1) is 11.2. The molecule has 0 unspecified atom stereocenters. The van der Waals surface area contributed by atoms with E-state index in [2.05, 4.69) is 35.5 Å². The molecule has 0 aliphatic heterocycles. The Kier molecular flexibility index (Phi) is 3.03. The average molecular weight is 213 g/mol.